The van der Waals surface area contributed by atoms with Crippen LogP contribution >= 0.6 is 22.6 Å². The first-order chi connectivity index (χ1) is 8.18. The molecule has 0 radical (unpaired) electrons. The fraction of sp³-hybridized carbons (Fsp3) is 0.167. The van der Waals surface area contributed by atoms with Crippen molar-refractivity contribution in [2.24, 2.45) is 0 Å². The fourth-order valence-electron chi connectivity index (χ4n) is 1.44. The van der Waals surface area contributed by atoms with Crippen LogP contribution in [0.25, 0.3) is 0 Å². The van der Waals surface area contributed by atoms with E-state index in [1.54, 1.807) is 30.8 Å². The second-order valence-corrected chi connectivity index (χ2v) is 4.73. The van der Waals surface area contributed by atoms with Gasteiger partial charge in [0.2, 0.25) is 0 Å². The predicted molar refractivity (Wildman–Crippen MR) is 71.5 cm³/mol. The number of nitrogens with zero attached hydrogens (tertiary/aromatic N) is 1. The van der Waals surface area contributed by atoms with Crippen LogP contribution < -0.4 is 5.32 Å². The Kier molecular flexibility index (Phi) is 3.78. The van der Waals surface area contributed by atoms with Gasteiger partial charge in [0.15, 0.2) is 0 Å². The Morgan fingerprint density at radius 1 is 1.53 bits per heavy atom. The van der Waals surface area contributed by atoms with Gasteiger partial charge in [-0.3, -0.25) is 9.78 Å². The Labute approximate surface area is 113 Å². The largest absolute Gasteiger partial charge is 0.467 e. The average molecular weight is 342 g/mol. The lowest BCUT2D eigenvalue weighted by atomic mass is 10.2. The van der Waals surface area contributed by atoms with Gasteiger partial charge in [0.25, 0.3) is 5.91 Å². The van der Waals surface area contributed by atoms with E-state index in [0.29, 0.717) is 5.56 Å². The topological polar surface area (TPSA) is 55.1 Å². The standard InChI is InChI=1S/C12H11IN2O2/c1-8(11-3-2-6-17-11)15-12(16)9-4-5-14-7-10(9)13/h2-8H,1H3,(H,15,16). The van der Waals surface area contributed by atoms with E-state index in [-0.39, 0.29) is 11.9 Å². The van der Waals surface area contributed by atoms with Crippen molar-refractivity contribution in [3.63, 3.8) is 0 Å². The van der Waals surface area contributed by atoms with E-state index in [1.165, 1.54) is 0 Å². The van der Waals surface area contributed by atoms with Crippen molar-refractivity contribution in [2.45, 2.75) is 13.0 Å². The van der Waals surface area contributed by atoms with Gasteiger partial charge in [0.1, 0.15) is 5.76 Å². The molecule has 0 aliphatic heterocycles. The van der Waals surface area contributed by atoms with Crippen LogP contribution in [0.1, 0.15) is 29.1 Å². The molecule has 2 heterocycles. The number of rotatable bonds is 3. The normalized spacial score (nSPS) is 12.1. The minimum absolute atomic E-state index is 0.124. The molecule has 2 aromatic rings. The zero-order chi connectivity index (χ0) is 12.3. The van der Waals surface area contributed by atoms with Crippen LogP contribution in [-0.4, -0.2) is 10.9 Å². The highest BCUT2D eigenvalue weighted by molar-refractivity contribution is 14.1. The molecule has 5 heteroatoms. The molecule has 0 saturated carbocycles. The number of nitrogens with one attached hydrogen (secondary N) is 1. The van der Waals surface area contributed by atoms with E-state index in [4.69, 9.17) is 4.42 Å². The van der Waals surface area contributed by atoms with Gasteiger partial charge in [0.05, 0.1) is 17.9 Å². The van der Waals surface area contributed by atoms with Gasteiger partial charge in [-0.25, -0.2) is 0 Å². The Morgan fingerprint density at radius 2 is 2.35 bits per heavy atom. The van der Waals surface area contributed by atoms with Gasteiger partial charge in [0, 0.05) is 16.0 Å². The molecule has 0 aromatic carbocycles. The summed E-state index contributed by atoms with van der Waals surface area (Å²) in [4.78, 5) is 15.9. The van der Waals surface area contributed by atoms with Crippen molar-refractivity contribution < 1.29 is 9.21 Å². The zero-order valence-corrected chi connectivity index (χ0v) is 11.3. The van der Waals surface area contributed by atoms with Gasteiger partial charge in [-0.2, -0.15) is 0 Å². The summed E-state index contributed by atoms with van der Waals surface area (Å²) in [6, 6.07) is 5.18. The van der Waals surface area contributed by atoms with Crippen molar-refractivity contribution in [1.82, 2.24) is 10.3 Å². The third kappa shape index (κ3) is 2.85. The molecule has 0 fully saturated rings. The van der Waals surface area contributed by atoms with Gasteiger partial charge >= 0.3 is 0 Å². The summed E-state index contributed by atoms with van der Waals surface area (Å²) in [5.74, 6) is 0.614. The summed E-state index contributed by atoms with van der Waals surface area (Å²) in [5, 5.41) is 2.87. The molecule has 17 heavy (non-hydrogen) atoms. The van der Waals surface area contributed by atoms with Crippen LogP contribution in [0.2, 0.25) is 0 Å². The number of halogens is 1. The lowest BCUT2D eigenvalue weighted by Crippen LogP contribution is -2.27. The molecular formula is C12H11IN2O2. The maximum Gasteiger partial charge on any atom is 0.253 e. The molecule has 2 rings (SSSR count). The van der Waals surface area contributed by atoms with Crippen LogP contribution in [0.3, 0.4) is 0 Å². The first kappa shape index (κ1) is 12.1. The molecule has 1 unspecified atom stereocenters. The van der Waals surface area contributed by atoms with Crippen LogP contribution in [0, 0.1) is 3.57 Å². The van der Waals surface area contributed by atoms with E-state index >= 15 is 0 Å². The number of carbonyl (C=O) groups excluding carboxylic acids is 1. The molecule has 0 aliphatic rings. The number of pyridine rings is 1. The fourth-order valence-corrected chi connectivity index (χ4v) is 2.03. The van der Waals surface area contributed by atoms with Gasteiger partial charge in [-0.05, 0) is 47.7 Å². The minimum Gasteiger partial charge on any atom is -0.467 e. The van der Waals surface area contributed by atoms with E-state index in [0.717, 1.165) is 9.33 Å². The number of furan rings is 1. The highest BCUT2D eigenvalue weighted by Crippen LogP contribution is 2.15. The summed E-state index contributed by atoms with van der Waals surface area (Å²) >= 11 is 2.09. The average Bonchev–Trinajstić information content (AvgIpc) is 2.82. The lowest BCUT2D eigenvalue weighted by molar-refractivity contribution is 0.0934. The second-order valence-electron chi connectivity index (χ2n) is 3.57. The maximum atomic E-state index is 12.0. The number of aromatic nitrogens is 1. The first-order valence-electron chi connectivity index (χ1n) is 5.12. The van der Waals surface area contributed by atoms with Crippen molar-refractivity contribution >= 4 is 28.5 Å². The lowest BCUT2D eigenvalue weighted by Gasteiger charge is -2.11. The SMILES string of the molecule is CC(NC(=O)c1ccncc1I)c1ccco1. The first-order valence-corrected chi connectivity index (χ1v) is 6.20. The summed E-state index contributed by atoms with van der Waals surface area (Å²) in [6.45, 7) is 1.88. The molecule has 2 aromatic heterocycles. The number of carbonyl (C=O) groups is 1. The van der Waals surface area contributed by atoms with Crippen molar-refractivity contribution in [2.75, 3.05) is 0 Å². The highest BCUT2D eigenvalue weighted by atomic mass is 127. The third-order valence-electron chi connectivity index (χ3n) is 2.33. The number of amides is 1. The smallest absolute Gasteiger partial charge is 0.253 e. The van der Waals surface area contributed by atoms with Crippen LogP contribution in [0.4, 0.5) is 0 Å². The third-order valence-corrected chi connectivity index (χ3v) is 3.19. The Bertz CT molecular complexity index is 511. The van der Waals surface area contributed by atoms with E-state index in [9.17, 15) is 4.79 Å². The second kappa shape index (κ2) is 5.31. The van der Waals surface area contributed by atoms with Crippen LogP contribution in [0.5, 0.6) is 0 Å². The Balaban J connectivity index is 2.10. The predicted octanol–water partition coefficient (Wildman–Crippen LogP) is 2.77. The van der Waals surface area contributed by atoms with Gasteiger partial charge < -0.3 is 9.73 Å². The van der Waals surface area contributed by atoms with E-state index in [2.05, 4.69) is 32.9 Å². The monoisotopic (exact) mass is 342 g/mol. The molecule has 1 atom stereocenters. The molecule has 4 nitrogen and oxygen atoms in total. The molecule has 1 amide bonds. The molecule has 88 valence electrons. The van der Waals surface area contributed by atoms with Gasteiger partial charge in [-0.1, -0.05) is 0 Å². The number of hydrogen-bond donors (Lipinski definition) is 1. The maximum absolute atomic E-state index is 12.0. The Morgan fingerprint density at radius 3 is 3.00 bits per heavy atom. The molecule has 0 spiro atoms. The number of hydrogen-bond acceptors (Lipinski definition) is 3. The van der Waals surface area contributed by atoms with Gasteiger partial charge in [-0.15, -0.1) is 0 Å². The quantitative estimate of drug-likeness (QED) is 0.873. The Hall–Kier alpha value is -1.37. The van der Waals surface area contributed by atoms with Crippen LogP contribution in [0.15, 0.2) is 41.3 Å². The van der Waals surface area contributed by atoms with E-state index in [1.807, 2.05) is 13.0 Å². The van der Waals surface area contributed by atoms with E-state index < -0.39 is 0 Å². The van der Waals surface area contributed by atoms with Crippen molar-refractivity contribution in [3.05, 3.63) is 51.7 Å². The van der Waals surface area contributed by atoms with Crippen molar-refractivity contribution in [1.29, 1.82) is 0 Å². The summed E-state index contributed by atoms with van der Waals surface area (Å²) in [7, 11) is 0. The molecule has 0 bridgehead atoms. The van der Waals surface area contributed by atoms with Crippen LogP contribution in [-0.2, 0) is 0 Å². The molecule has 0 saturated heterocycles. The van der Waals surface area contributed by atoms with Crippen molar-refractivity contribution in [3.8, 4) is 0 Å². The molecule has 1 N–H and O–H groups in total. The summed E-state index contributed by atoms with van der Waals surface area (Å²) < 4.78 is 6.06. The summed E-state index contributed by atoms with van der Waals surface area (Å²) in [5.41, 5.74) is 0.624. The summed E-state index contributed by atoms with van der Waals surface area (Å²) in [6.07, 6.45) is 4.86. The molecular weight excluding hydrogens is 331 g/mol. The molecule has 0 aliphatic carbocycles. The minimum atomic E-state index is -0.151. The highest BCUT2D eigenvalue weighted by Gasteiger charge is 2.15. The zero-order valence-electron chi connectivity index (χ0n) is 9.18.